The van der Waals surface area contributed by atoms with E-state index in [4.69, 9.17) is 4.74 Å². The SMILES string of the molecule is C=CCn1c(SCC(=O)Nc2ccc(Br)cc2F)nnc1C(C)Oc1ccc(F)cc1. The smallest absolute Gasteiger partial charge is 0.234 e. The Bertz CT molecular complexity index is 1080. The zero-order chi connectivity index (χ0) is 22.4. The van der Waals surface area contributed by atoms with Crippen LogP contribution in [0, 0.1) is 11.6 Å². The van der Waals surface area contributed by atoms with E-state index in [9.17, 15) is 13.6 Å². The largest absolute Gasteiger partial charge is 0.483 e. The van der Waals surface area contributed by atoms with Crippen molar-refractivity contribution >= 4 is 39.3 Å². The lowest BCUT2D eigenvalue weighted by molar-refractivity contribution is -0.113. The monoisotopic (exact) mass is 508 g/mol. The van der Waals surface area contributed by atoms with Gasteiger partial charge in [-0.15, -0.1) is 16.8 Å². The molecular weight excluding hydrogens is 490 g/mol. The number of halogens is 3. The van der Waals surface area contributed by atoms with Crippen LogP contribution >= 0.6 is 27.7 Å². The van der Waals surface area contributed by atoms with Crippen LogP contribution in [0.2, 0.25) is 0 Å². The van der Waals surface area contributed by atoms with Gasteiger partial charge in [-0.1, -0.05) is 33.8 Å². The van der Waals surface area contributed by atoms with Crippen molar-refractivity contribution in [2.24, 2.45) is 0 Å². The summed E-state index contributed by atoms with van der Waals surface area (Å²) in [6.07, 6.45) is 1.21. The highest BCUT2D eigenvalue weighted by molar-refractivity contribution is 9.10. The first-order valence-corrected chi connectivity index (χ1v) is 11.0. The molecule has 1 atom stereocenters. The molecule has 1 N–H and O–H groups in total. The molecule has 0 bridgehead atoms. The molecule has 0 saturated heterocycles. The lowest BCUT2D eigenvalue weighted by Gasteiger charge is -2.15. The molecule has 1 aromatic heterocycles. The fraction of sp³-hybridized carbons (Fsp3) is 0.190. The Morgan fingerprint density at radius 2 is 2.03 bits per heavy atom. The van der Waals surface area contributed by atoms with Crippen molar-refractivity contribution < 1.29 is 18.3 Å². The van der Waals surface area contributed by atoms with Gasteiger partial charge in [-0.2, -0.15) is 0 Å². The maximum Gasteiger partial charge on any atom is 0.234 e. The van der Waals surface area contributed by atoms with Gasteiger partial charge in [0, 0.05) is 11.0 Å². The summed E-state index contributed by atoms with van der Waals surface area (Å²) in [5.74, 6) is -0.223. The molecule has 0 spiro atoms. The Morgan fingerprint density at radius 3 is 2.71 bits per heavy atom. The van der Waals surface area contributed by atoms with Gasteiger partial charge in [-0.25, -0.2) is 8.78 Å². The van der Waals surface area contributed by atoms with Crippen molar-refractivity contribution in [2.45, 2.75) is 24.7 Å². The maximum atomic E-state index is 13.9. The summed E-state index contributed by atoms with van der Waals surface area (Å²) >= 11 is 4.34. The van der Waals surface area contributed by atoms with Gasteiger partial charge in [-0.3, -0.25) is 9.36 Å². The topological polar surface area (TPSA) is 69.0 Å². The Labute approximate surface area is 190 Å². The van der Waals surface area contributed by atoms with Gasteiger partial charge in [0.25, 0.3) is 0 Å². The summed E-state index contributed by atoms with van der Waals surface area (Å²) in [6.45, 7) is 5.95. The lowest BCUT2D eigenvalue weighted by Crippen LogP contribution is -2.16. The van der Waals surface area contributed by atoms with Crippen LogP contribution < -0.4 is 10.1 Å². The minimum Gasteiger partial charge on any atom is -0.483 e. The molecule has 2 aromatic carbocycles. The Hall–Kier alpha value is -2.72. The Balaban J connectivity index is 1.67. The van der Waals surface area contributed by atoms with Crippen LogP contribution in [0.15, 0.2) is 64.7 Å². The van der Waals surface area contributed by atoms with Crippen LogP contribution in [0.4, 0.5) is 14.5 Å². The van der Waals surface area contributed by atoms with Gasteiger partial charge >= 0.3 is 0 Å². The zero-order valence-electron chi connectivity index (χ0n) is 16.5. The number of nitrogens with zero attached hydrogens (tertiary/aromatic N) is 3. The summed E-state index contributed by atoms with van der Waals surface area (Å²) < 4.78 is 35.2. The third-order valence-electron chi connectivity index (χ3n) is 4.08. The number of aromatic nitrogens is 3. The molecule has 162 valence electrons. The van der Waals surface area contributed by atoms with Gasteiger partial charge < -0.3 is 10.1 Å². The van der Waals surface area contributed by atoms with E-state index in [1.54, 1.807) is 23.6 Å². The third-order valence-corrected chi connectivity index (χ3v) is 5.54. The quantitative estimate of drug-likeness (QED) is 0.310. The highest BCUT2D eigenvalue weighted by Gasteiger charge is 2.20. The summed E-state index contributed by atoms with van der Waals surface area (Å²) in [4.78, 5) is 12.3. The summed E-state index contributed by atoms with van der Waals surface area (Å²) in [5, 5.41) is 11.4. The van der Waals surface area contributed by atoms with Crippen LogP contribution in [-0.4, -0.2) is 26.4 Å². The van der Waals surface area contributed by atoms with Crippen molar-refractivity contribution in [3.05, 3.63) is 77.1 Å². The van der Waals surface area contributed by atoms with Crippen LogP contribution in [0.25, 0.3) is 0 Å². The summed E-state index contributed by atoms with van der Waals surface area (Å²) in [7, 11) is 0. The molecule has 31 heavy (non-hydrogen) atoms. The number of benzene rings is 2. The predicted octanol–water partition coefficient (Wildman–Crippen LogP) is 5.38. The molecule has 0 saturated carbocycles. The average Bonchev–Trinajstić information content (AvgIpc) is 3.13. The van der Waals surface area contributed by atoms with Gasteiger partial charge in [0.1, 0.15) is 17.4 Å². The molecule has 1 unspecified atom stereocenters. The van der Waals surface area contributed by atoms with E-state index in [1.807, 2.05) is 0 Å². The number of carbonyl (C=O) groups excluding carboxylic acids is 1. The molecule has 0 aliphatic heterocycles. The molecule has 3 aromatic rings. The van der Waals surface area contributed by atoms with Gasteiger partial charge in [-0.05, 0) is 49.4 Å². The van der Waals surface area contributed by atoms with Gasteiger partial charge in [0.15, 0.2) is 17.1 Å². The van der Waals surface area contributed by atoms with Crippen LogP contribution in [0.5, 0.6) is 5.75 Å². The van der Waals surface area contributed by atoms with E-state index in [0.29, 0.717) is 27.7 Å². The minimum absolute atomic E-state index is 0.0119. The molecule has 0 aliphatic rings. The number of thioether (sulfide) groups is 1. The molecule has 6 nitrogen and oxygen atoms in total. The van der Waals surface area contributed by atoms with Crippen molar-refractivity contribution in [1.82, 2.24) is 14.8 Å². The average molecular weight is 509 g/mol. The second kappa shape index (κ2) is 10.5. The Morgan fingerprint density at radius 1 is 1.29 bits per heavy atom. The normalized spacial score (nSPS) is 11.7. The number of hydrogen-bond acceptors (Lipinski definition) is 5. The minimum atomic E-state index is -0.531. The van der Waals surface area contributed by atoms with E-state index >= 15 is 0 Å². The number of ether oxygens (including phenoxy) is 1. The third kappa shape index (κ3) is 6.14. The van der Waals surface area contributed by atoms with E-state index in [0.717, 1.165) is 11.8 Å². The van der Waals surface area contributed by atoms with E-state index in [1.165, 1.54) is 36.4 Å². The highest BCUT2D eigenvalue weighted by atomic mass is 79.9. The highest BCUT2D eigenvalue weighted by Crippen LogP contribution is 2.25. The molecule has 3 rings (SSSR count). The van der Waals surface area contributed by atoms with Gasteiger partial charge in [0.05, 0.1) is 11.4 Å². The molecule has 0 aliphatic carbocycles. The van der Waals surface area contributed by atoms with Crippen molar-refractivity contribution in [2.75, 3.05) is 11.1 Å². The van der Waals surface area contributed by atoms with Crippen molar-refractivity contribution in [3.63, 3.8) is 0 Å². The second-order valence-electron chi connectivity index (χ2n) is 6.42. The predicted molar refractivity (Wildman–Crippen MR) is 119 cm³/mol. The lowest BCUT2D eigenvalue weighted by atomic mass is 10.3. The fourth-order valence-corrected chi connectivity index (χ4v) is 3.77. The first-order chi connectivity index (χ1) is 14.9. The first-order valence-electron chi connectivity index (χ1n) is 9.21. The molecule has 1 heterocycles. The summed E-state index contributed by atoms with van der Waals surface area (Å²) in [5.41, 5.74) is 0.100. The number of hydrogen-bond donors (Lipinski definition) is 1. The van der Waals surface area contributed by atoms with Crippen molar-refractivity contribution in [1.29, 1.82) is 0 Å². The van der Waals surface area contributed by atoms with E-state index < -0.39 is 11.9 Å². The van der Waals surface area contributed by atoms with Crippen LogP contribution in [0.1, 0.15) is 18.9 Å². The summed E-state index contributed by atoms with van der Waals surface area (Å²) in [6, 6.07) is 10.1. The van der Waals surface area contributed by atoms with Gasteiger partial charge in [0.2, 0.25) is 5.91 Å². The van der Waals surface area contributed by atoms with E-state index in [-0.39, 0.29) is 23.2 Å². The van der Waals surface area contributed by atoms with Crippen molar-refractivity contribution in [3.8, 4) is 5.75 Å². The maximum absolute atomic E-state index is 13.9. The number of nitrogens with one attached hydrogen (secondary N) is 1. The van der Waals surface area contributed by atoms with E-state index in [2.05, 4.69) is 38.0 Å². The molecule has 10 heteroatoms. The first kappa shape index (κ1) is 23.0. The number of amides is 1. The molecular formula is C21H19BrF2N4O2S. The molecule has 1 amide bonds. The number of allylic oxidation sites excluding steroid dienone is 1. The number of carbonyl (C=O) groups is 1. The Kier molecular flexibility index (Phi) is 7.80. The zero-order valence-corrected chi connectivity index (χ0v) is 18.9. The standard InChI is InChI=1S/C21H19BrF2N4O2S/c1-3-10-28-20(13(2)30-16-7-5-15(23)6-8-16)26-27-21(28)31-12-19(29)25-18-9-4-14(22)11-17(18)24/h3-9,11,13H,1,10,12H2,2H3,(H,25,29). The van der Waals surface area contributed by atoms with Crippen LogP contribution in [-0.2, 0) is 11.3 Å². The molecule has 0 radical (unpaired) electrons. The van der Waals surface area contributed by atoms with Crippen LogP contribution in [0.3, 0.4) is 0 Å². The number of anilines is 1. The fourth-order valence-electron chi connectivity index (χ4n) is 2.69. The second-order valence-corrected chi connectivity index (χ2v) is 8.27. The number of rotatable bonds is 9. The molecule has 0 fully saturated rings.